The number of halogens is 5. The first kappa shape index (κ1) is 29.0. The highest BCUT2D eigenvalue weighted by Crippen LogP contribution is 2.29. The zero-order valence-electron chi connectivity index (χ0n) is 20.3. The maximum Gasteiger partial charge on any atom is 0.490 e. The molecule has 0 saturated carbocycles. The van der Waals surface area contributed by atoms with Gasteiger partial charge in [0.1, 0.15) is 18.0 Å². The smallest absolute Gasteiger partial charge is 0.475 e. The summed E-state index contributed by atoms with van der Waals surface area (Å²) in [4.78, 5) is 38.4. The second-order valence-electron chi connectivity index (χ2n) is 9.14. The fourth-order valence-electron chi connectivity index (χ4n) is 4.43. The Labute approximate surface area is 216 Å². The summed E-state index contributed by atoms with van der Waals surface area (Å²) in [7, 11) is 0. The van der Waals surface area contributed by atoms with Crippen LogP contribution < -0.4 is 5.73 Å². The number of benzene rings is 2. The van der Waals surface area contributed by atoms with E-state index in [9.17, 15) is 31.5 Å². The van der Waals surface area contributed by atoms with Crippen LogP contribution in [0.2, 0.25) is 0 Å². The third-order valence-electron chi connectivity index (χ3n) is 6.46. The van der Waals surface area contributed by atoms with Gasteiger partial charge in [-0.3, -0.25) is 9.59 Å². The second kappa shape index (κ2) is 12.3. The van der Waals surface area contributed by atoms with Crippen LogP contribution in [0.3, 0.4) is 0 Å². The summed E-state index contributed by atoms with van der Waals surface area (Å²) in [6.07, 6.45) is -3.96. The van der Waals surface area contributed by atoms with Crippen molar-refractivity contribution >= 4 is 17.8 Å². The van der Waals surface area contributed by atoms with E-state index < -0.39 is 30.3 Å². The van der Waals surface area contributed by atoms with Crippen molar-refractivity contribution in [2.75, 3.05) is 26.2 Å². The molecule has 0 spiro atoms. The van der Waals surface area contributed by atoms with Crippen molar-refractivity contribution in [3.05, 3.63) is 59.9 Å². The van der Waals surface area contributed by atoms with Crippen LogP contribution in [0.15, 0.2) is 48.5 Å². The SMILES string of the molecule is N[C@H](C(=O)N1CC[C@H](F)C1)[C@@H](C(=O)N1CCCC1)c1ccc(-c2ccc(F)cc2)cc1.O=C(O)C(F)(F)F. The highest BCUT2D eigenvalue weighted by atomic mass is 19.4. The molecule has 2 amide bonds. The fourth-order valence-corrected chi connectivity index (χ4v) is 4.43. The van der Waals surface area contributed by atoms with Crippen molar-refractivity contribution in [2.24, 2.45) is 5.73 Å². The van der Waals surface area contributed by atoms with Crippen molar-refractivity contribution in [1.29, 1.82) is 0 Å². The molecule has 2 aliphatic rings. The normalized spacial score (nSPS) is 18.9. The summed E-state index contributed by atoms with van der Waals surface area (Å²) in [5, 5.41) is 7.12. The number of alkyl halides is 4. The summed E-state index contributed by atoms with van der Waals surface area (Å²) in [6, 6.07) is 12.4. The van der Waals surface area contributed by atoms with E-state index in [4.69, 9.17) is 15.6 Å². The Morgan fingerprint density at radius 3 is 1.82 bits per heavy atom. The topological polar surface area (TPSA) is 104 Å². The van der Waals surface area contributed by atoms with Crippen LogP contribution in [0.1, 0.15) is 30.7 Å². The van der Waals surface area contributed by atoms with Crippen molar-refractivity contribution in [3.63, 3.8) is 0 Å². The van der Waals surface area contributed by atoms with Gasteiger partial charge in [-0.1, -0.05) is 36.4 Å². The Bertz CT molecular complexity index is 1120. The maximum absolute atomic E-state index is 13.6. The zero-order chi connectivity index (χ0) is 28.0. The van der Waals surface area contributed by atoms with E-state index in [1.54, 1.807) is 29.2 Å². The van der Waals surface area contributed by atoms with Gasteiger partial charge in [-0.25, -0.2) is 13.6 Å². The Kier molecular flexibility index (Phi) is 9.42. The van der Waals surface area contributed by atoms with E-state index in [-0.39, 0.29) is 24.2 Å². The molecule has 0 radical (unpaired) electrons. The molecule has 2 aliphatic heterocycles. The molecule has 38 heavy (non-hydrogen) atoms. The third-order valence-corrected chi connectivity index (χ3v) is 6.46. The van der Waals surface area contributed by atoms with Gasteiger partial charge >= 0.3 is 12.1 Å². The summed E-state index contributed by atoms with van der Waals surface area (Å²) in [5.41, 5.74) is 8.72. The molecule has 3 atom stereocenters. The van der Waals surface area contributed by atoms with Crippen LogP contribution in [0.25, 0.3) is 11.1 Å². The summed E-state index contributed by atoms with van der Waals surface area (Å²) < 4.78 is 58.6. The van der Waals surface area contributed by atoms with Gasteiger partial charge in [0.2, 0.25) is 11.8 Å². The zero-order valence-corrected chi connectivity index (χ0v) is 20.3. The average Bonchev–Trinajstić information content (AvgIpc) is 3.57. The van der Waals surface area contributed by atoms with E-state index in [0.29, 0.717) is 31.6 Å². The number of rotatable bonds is 5. The largest absolute Gasteiger partial charge is 0.490 e. The van der Waals surface area contributed by atoms with E-state index in [0.717, 1.165) is 24.0 Å². The number of likely N-dealkylation sites (tertiary alicyclic amines) is 2. The third kappa shape index (κ3) is 7.27. The number of carbonyl (C=O) groups is 3. The highest BCUT2D eigenvalue weighted by Gasteiger charge is 2.40. The number of aliphatic carboxylic acids is 1. The van der Waals surface area contributed by atoms with E-state index in [1.807, 2.05) is 12.1 Å². The lowest BCUT2D eigenvalue weighted by Gasteiger charge is -2.30. The van der Waals surface area contributed by atoms with Crippen molar-refractivity contribution in [1.82, 2.24) is 9.80 Å². The average molecular weight is 542 g/mol. The molecule has 2 aromatic rings. The molecular weight excluding hydrogens is 513 g/mol. The Balaban J connectivity index is 0.000000505. The number of nitrogens with two attached hydrogens (primary N) is 1. The maximum atomic E-state index is 13.6. The van der Waals surface area contributed by atoms with Crippen LogP contribution >= 0.6 is 0 Å². The minimum absolute atomic E-state index is 0.0284. The first-order valence-electron chi connectivity index (χ1n) is 12.0. The lowest BCUT2D eigenvalue weighted by atomic mass is 9.88. The molecule has 2 fully saturated rings. The molecule has 206 valence electrons. The van der Waals surface area contributed by atoms with Crippen molar-refractivity contribution in [2.45, 2.75) is 43.6 Å². The molecule has 4 rings (SSSR count). The molecule has 0 aromatic heterocycles. The van der Waals surface area contributed by atoms with Gasteiger partial charge in [0.15, 0.2) is 0 Å². The lowest BCUT2D eigenvalue weighted by Crippen LogP contribution is -2.50. The number of hydrogen-bond acceptors (Lipinski definition) is 4. The summed E-state index contributed by atoms with van der Waals surface area (Å²) in [6.45, 7) is 1.66. The van der Waals surface area contributed by atoms with Gasteiger partial charge in [-0.05, 0) is 48.1 Å². The number of carboxylic acid groups (broad SMARTS) is 1. The van der Waals surface area contributed by atoms with Gasteiger partial charge in [-0.2, -0.15) is 13.2 Å². The molecule has 2 heterocycles. The second-order valence-corrected chi connectivity index (χ2v) is 9.14. The first-order valence-corrected chi connectivity index (χ1v) is 12.0. The monoisotopic (exact) mass is 541 g/mol. The van der Waals surface area contributed by atoms with E-state index >= 15 is 0 Å². The number of amides is 2. The van der Waals surface area contributed by atoms with E-state index in [1.165, 1.54) is 17.0 Å². The molecule has 3 N–H and O–H groups in total. The molecule has 2 saturated heterocycles. The van der Waals surface area contributed by atoms with E-state index in [2.05, 4.69) is 0 Å². The molecule has 0 bridgehead atoms. The molecule has 12 heteroatoms. The van der Waals surface area contributed by atoms with Crippen molar-refractivity contribution < 1.29 is 41.4 Å². The summed E-state index contributed by atoms with van der Waals surface area (Å²) in [5.74, 6) is -4.44. The van der Waals surface area contributed by atoms with Crippen molar-refractivity contribution in [3.8, 4) is 11.1 Å². The number of nitrogens with zero attached hydrogens (tertiary/aromatic N) is 2. The van der Waals surface area contributed by atoms with Gasteiger partial charge in [-0.15, -0.1) is 0 Å². The van der Waals surface area contributed by atoms with Crippen LogP contribution in [0.5, 0.6) is 0 Å². The standard InChI is InChI=1S/C24H27F2N3O2.C2HF3O2/c25-19-9-7-17(8-10-19)16-3-5-18(6-4-16)21(23(30)28-12-1-2-13-28)22(27)24(31)29-14-11-20(26)15-29;3-2(4,5)1(6)7/h3-10,20-22H,1-2,11-15,27H2;(H,6,7)/t20-,21-,22-;/m0./s1. The lowest BCUT2D eigenvalue weighted by molar-refractivity contribution is -0.192. The molecule has 2 aromatic carbocycles. The minimum Gasteiger partial charge on any atom is -0.475 e. The minimum atomic E-state index is -5.08. The quantitative estimate of drug-likeness (QED) is 0.562. The molecule has 7 nitrogen and oxygen atoms in total. The van der Waals surface area contributed by atoms with Crippen LogP contribution in [-0.2, 0) is 14.4 Å². The Hall–Kier alpha value is -3.54. The summed E-state index contributed by atoms with van der Waals surface area (Å²) >= 11 is 0. The highest BCUT2D eigenvalue weighted by molar-refractivity contribution is 5.94. The predicted octanol–water partition coefficient (Wildman–Crippen LogP) is 3.73. The Morgan fingerprint density at radius 1 is 0.868 bits per heavy atom. The number of carboxylic acids is 1. The van der Waals surface area contributed by atoms with Gasteiger partial charge < -0.3 is 20.6 Å². The van der Waals surface area contributed by atoms with Gasteiger partial charge in [0.05, 0.1) is 12.5 Å². The fraction of sp³-hybridized carbons (Fsp3) is 0.423. The molecular formula is C26H28F5N3O4. The molecule has 0 unspecified atom stereocenters. The first-order chi connectivity index (χ1) is 17.9. The molecule has 0 aliphatic carbocycles. The van der Waals surface area contributed by atoms with Gasteiger partial charge in [0, 0.05) is 19.6 Å². The van der Waals surface area contributed by atoms with Crippen LogP contribution in [-0.4, -0.2) is 77.3 Å². The van der Waals surface area contributed by atoms with Crippen LogP contribution in [0.4, 0.5) is 22.0 Å². The van der Waals surface area contributed by atoms with Gasteiger partial charge in [0.25, 0.3) is 0 Å². The number of carbonyl (C=O) groups excluding carboxylic acids is 2. The van der Waals surface area contributed by atoms with Crippen LogP contribution in [0, 0.1) is 5.82 Å². The Morgan fingerprint density at radius 2 is 1.37 bits per heavy atom. The number of hydrogen-bond donors (Lipinski definition) is 2. The predicted molar refractivity (Wildman–Crippen MR) is 128 cm³/mol.